The molecule has 3 atom stereocenters. The summed E-state index contributed by atoms with van der Waals surface area (Å²) in [5, 5.41) is 8.62. The lowest BCUT2D eigenvalue weighted by molar-refractivity contribution is -0.958. The van der Waals surface area contributed by atoms with Gasteiger partial charge in [-0.2, -0.15) is 9.36 Å². The topological polar surface area (TPSA) is 49.3 Å². The van der Waals surface area contributed by atoms with Crippen LogP contribution in [0.15, 0.2) is 24.3 Å². The van der Waals surface area contributed by atoms with Crippen molar-refractivity contribution >= 4 is 12.2 Å². The van der Waals surface area contributed by atoms with E-state index in [-0.39, 0.29) is 0 Å². The molecule has 1 saturated heterocycles. The Morgan fingerprint density at radius 3 is 2.68 bits per heavy atom. The normalized spacial score (nSPS) is 26.2. The molecule has 4 rings (SSSR count). The molecule has 6 nitrogen and oxygen atoms in total. The Kier molecular flexibility index (Phi) is 4.85. The Hall–Kier alpha value is -1.73. The lowest BCUT2D eigenvalue weighted by atomic mass is 9.78. The molecular formula is C18H26N5OS+. The van der Waals surface area contributed by atoms with Gasteiger partial charge in [-0.25, -0.2) is 0 Å². The van der Waals surface area contributed by atoms with Crippen molar-refractivity contribution in [1.29, 1.82) is 0 Å². The van der Waals surface area contributed by atoms with Crippen molar-refractivity contribution in [1.82, 2.24) is 19.8 Å². The van der Waals surface area contributed by atoms with Gasteiger partial charge in [0.1, 0.15) is 5.75 Å². The highest BCUT2D eigenvalue weighted by Gasteiger charge is 2.36. The maximum atomic E-state index is 5.64. The van der Waals surface area contributed by atoms with Gasteiger partial charge in [0.05, 0.1) is 25.4 Å². The van der Waals surface area contributed by atoms with Crippen LogP contribution in [0.1, 0.15) is 38.5 Å². The molecule has 1 N–H and O–H groups in total. The molecule has 2 fully saturated rings. The highest BCUT2D eigenvalue weighted by Crippen LogP contribution is 2.28. The van der Waals surface area contributed by atoms with Crippen LogP contribution in [0.5, 0.6) is 5.75 Å². The van der Waals surface area contributed by atoms with Crippen LogP contribution in [0.25, 0.3) is 5.69 Å². The predicted molar refractivity (Wildman–Crippen MR) is 97.5 cm³/mol. The summed E-state index contributed by atoms with van der Waals surface area (Å²) in [5.41, 5.74) is 0.918. The van der Waals surface area contributed by atoms with Crippen molar-refractivity contribution in [2.24, 2.45) is 5.92 Å². The van der Waals surface area contributed by atoms with Gasteiger partial charge in [0.25, 0.3) is 0 Å². The second-order valence-electron chi connectivity index (χ2n) is 7.23. The minimum atomic E-state index is 0.663. The predicted octanol–water partition coefficient (Wildman–Crippen LogP) is 2.00. The number of fused-ring (bicyclic) bond motifs is 1. The van der Waals surface area contributed by atoms with Crippen LogP contribution in [0.2, 0.25) is 0 Å². The number of tetrazole rings is 1. The second kappa shape index (κ2) is 7.25. The van der Waals surface area contributed by atoms with E-state index in [1.165, 1.54) is 45.1 Å². The molecule has 134 valence electrons. The fourth-order valence-electron chi connectivity index (χ4n) is 4.51. The summed E-state index contributed by atoms with van der Waals surface area (Å²) in [6.45, 7) is 2.05. The molecule has 0 radical (unpaired) electrons. The average molecular weight is 361 g/mol. The first-order valence-electron chi connectivity index (χ1n) is 9.28. The SMILES string of the molecule is COc1ccc(-n2nnn(C[NH+]3CCC[C@H]4CCCC[C@@H]43)c2=S)cc1. The van der Waals surface area contributed by atoms with Crippen LogP contribution in [0.3, 0.4) is 0 Å². The first-order chi connectivity index (χ1) is 12.3. The molecule has 0 amide bonds. The summed E-state index contributed by atoms with van der Waals surface area (Å²) < 4.78 is 9.50. The van der Waals surface area contributed by atoms with E-state index < -0.39 is 0 Å². The van der Waals surface area contributed by atoms with E-state index in [1.54, 1.807) is 16.7 Å². The fourth-order valence-corrected chi connectivity index (χ4v) is 4.76. The number of methoxy groups -OCH3 is 1. The van der Waals surface area contributed by atoms with Gasteiger partial charge in [0.15, 0.2) is 6.67 Å². The molecule has 1 aliphatic heterocycles. The molecule has 7 heteroatoms. The summed E-state index contributed by atoms with van der Waals surface area (Å²) in [7, 11) is 1.66. The zero-order chi connectivity index (χ0) is 17.2. The molecule has 2 aliphatic rings. The van der Waals surface area contributed by atoms with E-state index in [0.717, 1.165) is 30.1 Å². The van der Waals surface area contributed by atoms with Crippen LogP contribution >= 0.6 is 12.2 Å². The molecule has 0 bridgehead atoms. The largest absolute Gasteiger partial charge is 0.497 e. The Bertz CT molecular complexity index is 767. The molecule has 1 aromatic heterocycles. The number of nitrogens with one attached hydrogen (secondary N) is 1. The van der Waals surface area contributed by atoms with Crippen LogP contribution < -0.4 is 9.64 Å². The van der Waals surface area contributed by atoms with Crippen molar-refractivity contribution < 1.29 is 9.64 Å². The van der Waals surface area contributed by atoms with E-state index in [0.29, 0.717) is 4.77 Å². The Balaban J connectivity index is 1.53. The van der Waals surface area contributed by atoms with Crippen molar-refractivity contribution in [3.63, 3.8) is 0 Å². The van der Waals surface area contributed by atoms with Crippen molar-refractivity contribution in [3.05, 3.63) is 29.0 Å². The zero-order valence-corrected chi connectivity index (χ0v) is 15.5. The highest BCUT2D eigenvalue weighted by molar-refractivity contribution is 7.71. The van der Waals surface area contributed by atoms with E-state index in [9.17, 15) is 0 Å². The van der Waals surface area contributed by atoms with Gasteiger partial charge in [0, 0.05) is 5.92 Å². The van der Waals surface area contributed by atoms with Crippen LogP contribution in [-0.2, 0) is 6.67 Å². The zero-order valence-electron chi connectivity index (χ0n) is 14.7. The molecule has 2 aromatic rings. The summed E-state index contributed by atoms with van der Waals surface area (Å²) in [6, 6.07) is 8.52. The number of aromatic nitrogens is 4. The standard InChI is InChI=1S/C18H25N5OS/c1-24-16-10-8-15(9-11-16)23-18(25)22(19-20-23)13-21-12-4-6-14-5-2-3-7-17(14)21/h8-11,14,17H,2-7,12-13H2,1H3/p+1/t14-,17+/m1/s1. The third-order valence-electron chi connectivity index (χ3n) is 5.82. The van der Waals surface area contributed by atoms with Crippen LogP contribution in [0, 0.1) is 10.7 Å². The number of piperidine rings is 1. The monoisotopic (exact) mass is 360 g/mol. The summed E-state index contributed by atoms with van der Waals surface area (Å²) in [6.07, 6.45) is 8.24. The number of rotatable bonds is 4. The number of likely N-dealkylation sites (tertiary alicyclic amines) is 1. The third kappa shape index (κ3) is 3.35. The summed E-state index contributed by atoms with van der Waals surface area (Å²) in [5.74, 6) is 1.71. The smallest absolute Gasteiger partial charge is 0.225 e. The molecule has 1 saturated carbocycles. The molecule has 0 spiro atoms. The number of ether oxygens (including phenoxy) is 1. The Morgan fingerprint density at radius 2 is 1.88 bits per heavy atom. The number of nitrogens with zero attached hydrogens (tertiary/aromatic N) is 4. The fraction of sp³-hybridized carbons (Fsp3) is 0.611. The minimum Gasteiger partial charge on any atom is -0.497 e. The third-order valence-corrected chi connectivity index (χ3v) is 6.20. The molecule has 1 aliphatic carbocycles. The first-order valence-corrected chi connectivity index (χ1v) is 9.69. The van der Waals surface area contributed by atoms with E-state index in [1.807, 2.05) is 28.9 Å². The Morgan fingerprint density at radius 1 is 1.12 bits per heavy atom. The van der Waals surface area contributed by atoms with Crippen LogP contribution in [-0.4, -0.2) is 39.5 Å². The van der Waals surface area contributed by atoms with Gasteiger partial charge in [-0.1, -0.05) is 6.42 Å². The van der Waals surface area contributed by atoms with Gasteiger partial charge < -0.3 is 9.64 Å². The molecular weight excluding hydrogens is 334 g/mol. The maximum absolute atomic E-state index is 5.64. The average Bonchev–Trinajstić information content (AvgIpc) is 3.03. The van der Waals surface area contributed by atoms with E-state index >= 15 is 0 Å². The molecule has 1 aromatic carbocycles. The van der Waals surface area contributed by atoms with Gasteiger partial charge in [-0.3, -0.25) is 0 Å². The highest BCUT2D eigenvalue weighted by atomic mass is 32.1. The molecule has 25 heavy (non-hydrogen) atoms. The van der Waals surface area contributed by atoms with Crippen molar-refractivity contribution in [2.75, 3.05) is 13.7 Å². The second-order valence-corrected chi connectivity index (χ2v) is 7.60. The van der Waals surface area contributed by atoms with Gasteiger partial charge >= 0.3 is 0 Å². The number of hydrogen-bond acceptors (Lipinski definition) is 4. The summed E-state index contributed by atoms with van der Waals surface area (Å²) >= 11 is 5.64. The summed E-state index contributed by atoms with van der Waals surface area (Å²) in [4.78, 5) is 1.63. The lowest BCUT2D eigenvalue weighted by Gasteiger charge is -2.40. The van der Waals surface area contributed by atoms with Gasteiger partial charge in [0.2, 0.25) is 4.77 Å². The van der Waals surface area contributed by atoms with Crippen molar-refractivity contribution in [2.45, 2.75) is 51.2 Å². The maximum Gasteiger partial charge on any atom is 0.225 e. The number of benzene rings is 1. The number of hydrogen-bond donors (Lipinski definition) is 1. The van der Waals surface area contributed by atoms with E-state index in [2.05, 4.69) is 10.4 Å². The molecule has 1 unspecified atom stereocenters. The lowest BCUT2D eigenvalue weighted by Crippen LogP contribution is -3.17. The minimum absolute atomic E-state index is 0.663. The number of quaternary nitrogens is 1. The Labute approximate surface area is 153 Å². The van der Waals surface area contributed by atoms with Gasteiger partial charge in [-0.15, -0.1) is 0 Å². The first kappa shape index (κ1) is 16.7. The van der Waals surface area contributed by atoms with Gasteiger partial charge in [-0.05, 0) is 79.0 Å². The quantitative estimate of drug-likeness (QED) is 0.848. The van der Waals surface area contributed by atoms with Crippen molar-refractivity contribution in [3.8, 4) is 11.4 Å². The molecule has 2 heterocycles. The van der Waals surface area contributed by atoms with E-state index in [4.69, 9.17) is 17.0 Å². The van der Waals surface area contributed by atoms with Crippen LogP contribution in [0.4, 0.5) is 0 Å².